The van der Waals surface area contributed by atoms with E-state index in [9.17, 15) is 5.11 Å². The smallest absolute Gasteiger partial charge is 0.229 e. The number of aryl methyl sites for hydroxylation is 2. The predicted octanol–water partition coefficient (Wildman–Crippen LogP) is 2.38. The Hall–Kier alpha value is -2.29. The standard InChI is InChI=1S/C15H12N2O/c18-10-5-6-14-15-12(7-8-17(14)9-10)11-3-1-2-4-13(11)16-15/h1-6,9,18H,7-8H2/p+1. The van der Waals surface area contributed by atoms with Crippen LogP contribution in [-0.4, -0.2) is 10.1 Å². The fraction of sp³-hybridized carbons (Fsp3) is 0.133. The van der Waals surface area contributed by atoms with E-state index in [4.69, 9.17) is 0 Å². The van der Waals surface area contributed by atoms with Crippen LogP contribution in [-0.2, 0) is 13.0 Å². The molecular weight excluding hydrogens is 224 g/mol. The van der Waals surface area contributed by atoms with Crippen molar-refractivity contribution in [3.63, 3.8) is 0 Å². The van der Waals surface area contributed by atoms with Crippen LogP contribution in [0, 0.1) is 0 Å². The summed E-state index contributed by atoms with van der Waals surface area (Å²) in [6.45, 7) is 0.915. The van der Waals surface area contributed by atoms with Crippen molar-refractivity contribution in [2.75, 3.05) is 0 Å². The number of H-pyrrole nitrogens is 1. The summed E-state index contributed by atoms with van der Waals surface area (Å²) >= 11 is 0. The van der Waals surface area contributed by atoms with E-state index in [0.717, 1.165) is 18.7 Å². The van der Waals surface area contributed by atoms with Crippen LogP contribution in [0.2, 0.25) is 0 Å². The highest BCUT2D eigenvalue weighted by Crippen LogP contribution is 2.31. The van der Waals surface area contributed by atoms with Crippen LogP contribution >= 0.6 is 0 Å². The number of fused-ring (bicyclic) bond motifs is 5. The number of aromatic nitrogens is 2. The van der Waals surface area contributed by atoms with Gasteiger partial charge in [0.1, 0.15) is 5.69 Å². The summed E-state index contributed by atoms with van der Waals surface area (Å²) in [5.74, 6) is 0.318. The molecule has 1 aliphatic heterocycles. The van der Waals surface area contributed by atoms with Gasteiger partial charge in [-0.2, -0.15) is 4.57 Å². The Labute approximate surface area is 104 Å². The van der Waals surface area contributed by atoms with Crippen LogP contribution in [0.5, 0.6) is 5.75 Å². The van der Waals surface area contributed by atoms with Crippen molar-refractivity contribution in [1.29, 1.82) is 0 Å². The van der Waals surface area contributed by atoms with Crippen molar-refractivity contribution in [3.05, 3.63) is 48.2 Å². The zero-order valence-electron chi connectivity index (χ0n) is 9.85. The number of benzene rings is 1. The minimum Gasteiger partial charge on any atom is -0.503 e. The van der Waals surface area contributed by atoms with Crippen molar-refractivity contribution in [1.82, 2.24) is 4.98 Å². The maximum Gasteiger partial charge on any atom is 0.229 e. The van der Waals surface area contributed by atoms with Gasteiger partial charge in [-0.15, -0.1) is 0 Å². The highest BCUT2D eigenvalue weighted by molar-refractivity contribution is 5.90. The number of para-hydroxylation sites is 1. The maximum absolute atomic E-state index is 9.54. The minimum atomic E-state index is 0.318. The van der Waals surface area contributed by atoms with Gasteiger partial charge >= 0.3 is 0 Å². The van der Waals surface area contributed by atoms with Gasteiger partial charge in [-0.1, -0.05) is 18.2 Å². The first-order valence-corrected chi connectivity index (χ1v) is 6.15. The molecule has 0 unspecified atom stereocenters. The third kappa shape index (κ3) is 1.21. The van der Waals surface area contributed by atoms with Crippen LogP contribution in [0.4, 0.5) is 0 Å². The van der Waals surface area contributed by atoms with E-state index < -0.39 is 0 Å². The Bertz CT molecular complexity index is 758. The molecule has 1 aliphatic rings. The van der Waals surface area contributed by atoms with Crippen LogP contribution < -0.4 is 4.57 Å². The molecule has 0 amide bonds. The maximum atomic E-state index is 9.54. The summed E-state index contributed by atoms with van der Waals surface area (Å²) in [6, 6.07) is 12.1. The molecule has 2 N–H and O–H groups in total. The number of pyridine rings is 1. The van der Waals surface area contributed by atoms with Gasteiger partial charge in [0.05, 0.1) is 0 Å². The van der Waals surface area contributed by atoms with E-state index in [1.807, 2.05) is 6.07 Å². The van der Waals surface area contributed by atoms with Crippen LogP contribution in [0.3, 0.4) is 0 Å². The SMILES string of the molecule is Oc1ccc2[n+](c1)CCc1c-2[nH]c2ccccc12. The fourth-order valence-electron chi connectivity index (χ4n) is 2.85. The van der Waals surface area contributed by atoms with Crippen LogP contribution in [0.15, 0.2) is 42.6 Å². The summed E-state index contributed by atoms with van der Waals surface area (Å²) in [6.07, 6.45) is 2.80. The fourth-order valence-corrected chi connectivity index (χ4v) is 2.85. The average Bonchev–Trinajstić information content (AvgIpc) is 2.77. The third-order valence-corrected chi connectivity index (χ3v) is 3.68. The van der Waals surface area contributed by atoms with Gasteiger partial charge in [-0.25, -0.2) is 0 Å². The second kappa shape index (κ2) is 3.35. The van der Waals surface area contributed by atoms with Crippen molar-refractivity contribution >= 4 is 10.9 Å². The van der Waals surface area contributed by atoms with Gasteiger partial charge in [0.15, 0.2) is 12.3 Å². The largest absolute Gasteiger partial charge is 0.503 e. The molecule has 1 aromatic carbocycles. The molecule has 3 heteroatoms. The van der Waals surface area contributed by atoms with Crippen LogP contribution in [0.1, 0.15) is 5.56 Å². The molecule has 88 valence electrons. The van der Waals surface area contributed by atoms with Crippen molar-refractivity contribution in [2.24, 2.45) is 0 Å². The lowest BCUT2D eigenvalue weighted by atomic mass is 10.0. The quantitative estimate of drug-likeness (QED) is 0.579. The van der Waals surface area contributed by atoms with E-state index in [2.05, 4.69) is 33.8 Å². The van der Waals surface area contributed by atoms with Gasteiger partial charge in [-0.05, 0) is 17.7 Å². The van der Waals surface area contributed by atoms with Gasteiger partial charge in [0, 0.05) is 23.4 Å². The molecule has 2 aromatic heterocycles. The summed E-state index contributed by atoms with van der Waals surface area (Å²) in [5.41, 5.74) is 4.90. The zero-order chi connectivity index (χ0) is 12.1. The molecule has 0 saturated heterocycles. The molecule has 18 heavy (non-hydrogen) atoms. The lowest BCUT2D eigenvalue weighted by molar-refractivity contribution is -0.688. The lowest BCUT2D eigenvalue weighted by Gasteiger charge is -2.10. The summed E-state index contributed by atoms with van der Waals surface area (Å²) < 4.78 is 2.10. The number of hydrogen-bond acceptors (Lipinski definition) is 1. The van der Waals surface area contributed by atoms with E-state index >= 15 is 0 Å². The predicted molar refractivity (Wildman–Crippen MR) is 69.3 cm³/mol. The van der Waals surface area contributed by atoms with E-state index in [1.54, 1.807) is 12.3 Å². The highest BCUT2D eigenvalue weighted by Gasteiger charge is 2.26. The molecule has 0 bridgehead atoms. The molecule has 0 radical (unpaired) electrons. The Balaban J connectivity index is 2.06. The first kappa shape index (κ1) is 9.71. The molecule has 0 spiro atoms. The molecule has 3 heterocycles. The first-order chi connectivity index (χ1) is 8.83. The number of aromatic amines is 1. The molecule has 0 saturated carbocycles. The topological polar surface area (TPSA) is 39.9 Å². The van der Waals surface area contributed by atoms with Crippen molar-refractivity contribution in [2.45, 2.75) is 13.0 Å². The number of nitrogens with zero attached hydrogens (tertiary/aromatic N) is 1. The number of rotatable bonds is 0. The van der Waals surface area contributed by atoms with Crippen molar-refractivity contribution < 1.29 is 9.67 Å². The van der Waals surface area contributed by atoms with Gasteiger partial charge in [-0.3, -0.25) is 0 Å². The molecule has 3 nitrogen and oxygen atoms in total. The van der Waals surface area contributed by atoms with Gasteiger partial charge < -0.3 is 10.1 Å². The summed E-state index contributed by atoms with van der Waals surface area (Å²) in [4.78, 5) is 3.49. The number of aromatic hydroxyl groups is 1. The van der Waals surface area contributed by atoms with E-state index in [1.165, 1.54) is 22.2 Å². The van der Waals surface area contributed by atoms with Crippen molar-refractivity contribution in [3.8, 4) is 17.1 Å². The average molecular weight is 237 g/mol. The molecular formula is C15H13N2O+. The lowest BCUT2D eigenvalue weighted by Crippen LogP contribution is -2.39. The molecule has 3 aromatic rings. The molecule has 0 atom stereocenters. The normalized spacial score (nSPS) is 13.3. The summed E-state index contributed by atoms with van der Waals surface area (Å²) in [7, 11) is 0. The third-order valence-electron chi connectivity index (χ3n) is 3.68. The highest BCUT2D eigenvalue weighted by atomic mass is 16.3. The Morgan fingerprint density at radius 1 is 1.11 bits per heavy atom. The molecule has 0 aliphatic carbocycles. The Morgan fingerprint density at radius 2 is 2.00 bits per heavy atom. The Morgan fingerprint density at radius 3 is 2.94 bits per heavy atom. The van der Waals surface area contributed by atoms with E-state index in [-0.39, 0.29) is 0 Å². The van der Waals surface area contributed by atoms with E-state index in [0.29, 0.717) is 5.75 Å². The van der Waals surface area contributed by atoms with Gasteiger partial charge in [0.2, 0.25) is 11.9 Å². The monoisotopic (exact) mass is 237 g/mol. The zero-order valence-corrected chi connectivity index (χ0v) is 9.85. The minimum absolute atomic E-state index is 0.318. The number of hydrogen-bond donors (Lipinski definition) is 2. The van der Waals surface area contributed by atoms with Crippen LogP contribution in [0.25, 0.3) is 22.3 Å². The first-order valence-electron chi connectivity index (χ1n) is 6.15. The number of nitrogens with one attached hydrogen (secondary N) is 1. The molecule has 0 fully saturated rings. The second-order valence-corrected chi connectivity index (χ2v) is 4.74. The molecule has 4 rings (SSSR count). The Kier molecular flexibility index (Phi) is 1.81. The second-order valence-electron chi connectivity index (χ2n) is 4.74. The van der Waals surface area contributed by atoms with Gasteiger partial charge in [0.25, 0.3) is 0 Å². The summed E-state index contributed by atoms with van der Waals surface area (Å²) in [5, 5.41) is 10.9.